The van der Waals surface area contributed by atoms with Gasteiger partial charge in [-0.05, 0) is 66.7 Å². The summed E-state index contributed by atoms with van der Waals surface area (Å²) in [5, 5.41) is 31.2. The summed E-state index contributed by atoms with van der Waals surface area (Å²) >= 11 is 0. The van der Waals surface area contributed by atoms with Gasteiger partial charge < -0.3 is 32.7 Å². The molecule has 0 bridgehead atoms. The number of nitrogens with zero attached hydrogens (tertiary/aromatic N) is 1. The fourth-order valence-corrected chi connectivity index (χ4v) is 4.45. The van der Waals surface area contributed by atoms with E-state index >= 15 is 0 Å². The number of nitrogens with one attached hydrogen (secondary N) is 7. The second-order valence-electron chi connectivity index (χ2n) is 9.13. The van der Waals surface area contributed by atoms with Crippen molar-refractivity contribution in [1.29, 1.82) is 10.8 Å². The van der Waals surface area contributed by atoms with Crippen molar-refractivity contribution in [2.45, 2.75) is 0 Å². The number of nitrogens with two attached hydrogens (primary N) is 2. The largest absolute Gasteiger partial charge is 0.399 e. The number of hydrogen-bond donors (Lipinski definition) is 9. The lowest BCUT2D eigenvalue weighted by Gasteiger charge is -2.14. The third-order valence-corrected chi connectivity index (χ3v) is 6.27. The van der Waals surface area contributed by atoms with Crippen LogP contribution < -0.4 is 42.6 Å². The number of carbonyl (C=O) groups is 1. The molecule has 0 unspecified atom stereocenters. The number of nitrogen functional groups attached to an aromatic ring is 1. The Balaban J connectivity index is 1.27. The van der Waals surface area contributed by atoms with Crippen molar-refractivity contribution in [1.82, 2.24) is 5.32 Å². The Kier molecular flexibility index (Phi) is 7.01. The number of carbonyl (C=O) groups excluding carboxylic acids is 1. The fraction of sp³-hybridized carbons (Fsp3) is 0.0345. The second kappa shape index (κ2) is 10.9. The topological polar surface area (TPSA) is 181 Å². The van der Waals surface area contributed by atoms with E-state index in [1.54, 1.807) is 24.3 Å². The number of amides is 2. The molecule has 1 heterocycles. The molecule has 0 saturated heterocycles. The summed E-state index contributed by atoms with van der Waals surface area (Å²) in [6, 6.07) is 27.9. The molecule has 5 aromatic rings. The number of anilines is 6. The smallest absolute Gasteiger partial charge is 0.323 e. The number of aryl methyl sites for hydroxylation is 1. The van der Waals surface area contributed by atoms with Crippen LogP contribution in [0.25, 0.3) is 21.8 Å². The van der Waals surface area contributed by atoms with Gasteiger partial charge in [0.05, 0.1) is 16.5 Å². The summed E-state index contributed by atoms with van der Waals surface area (Å²) < 4.78 is 2.14. The third kappa shape index (κ3) is 5.68. The Labute approximate surface area is 230 Å². The number of aromatic nitrogens is 1. The minimum absolute atomic E-state index is 0.128. The maximum atomic E-state index is 12.5. The van der Waals surface area contributed by atoms with Crippen molar-refractivity contribution in [3.05, 3.63) is 91.0 Å². The van der Waals surface area contributed by atoms with E-state index in [1.165, 1.54) is 0 Å². The first kappa shape index (κ1) is 25.8. The van der Waals surface area contributed by atoms with Gasteiger partial charge in [0.25, 0.3) is 0 Å². The molecule has 11 nitrogen and oxygen atoms in total. The van der Waals surface area contributed by atoms with E-state index in [1.807, 2.05) is 61.6 Å². The van der Waals surface area contributed by atoms with E-state index in [2.05, 4.69) is 43.3 Å². The van der Waals surface area contributed by atoms with E-state index in [0.29, 0.717) is 22.7 Å². The highest BCUT2D eigenvalue weighted by atomic mass is 16.2. The Bertz CT molecular complexity index is 1750. The average Bonchev–Trinajstić information content (AvgIpc) is 2.92. The minimum atomic E-state index is -0.391. The average molecular weight is 534 g/mol. The number of guanidine groups is 2. The van der Waals surface area contributed by atoms with Crippen molar-refractivity contribution < 1.29 is 9.36 Å². The molecular weight excluding hydrogens is 504 g/mol. The SMILES string of the molecule is C[n+]1c2ccccc2c(Nc2ccc(NC(=O)Nc3ccc(NC(=N)NC(=N)N)cc3)cc2)c2ccc(N)cc21. The summed E-state index contributed by atoms with van der Waals surface area (Å²) in [5.74, 6) is -0.464. The zero-order valence-electron chi connectivity index (χ0n) is 21.7. The second-order valence-corrected chi connectivity index (χ2v) is 9.13. The van der Waals surface area contributed by atoms with Crippen LogP contribution >= 0.6 is 0 Å². The van der Waals surface area contributed by atoms with Gasteiger partial charge >= 0.3 is 6.03 Å². The highest BCUT2D eigenvalue weighted by Crippen LogP contribution is 2.33. The van der Waals surface area contributed by atoms with Gasteiger partial charge in [-0.15, -0.1) is 0 Å². The van der Waals surface area contributed by atoms with Crippen LogP contribution in [0, 0.1) is 10.8 Å². The predicted octanol–water partition coefficient (Wildman–Crippen LogP) is 4.62. The number of urea groups is 1. The Morgan fingerprint density at radius 2 is 1.27 bits per heavy atom. The van der Waals surface area contributed by atoms with E-state index in [4.69, 9.17) is 22.3 Å². The Morgan fingerprint density at radius 3 is 1.90 bits per heavy atom. The molecule has 2 amide bonds. The van der Waals surface area contributed by atoms with Crippen molar-refractivity contribution in [3.63, 3.8) is 0 Å². The van der Waals surface area contributed by atoms with Gasteiger partial charge in [-0.2, -0.15) is 4.57 Å². The van der Waals surface area contributed by atoms with E-state index in [9.17, 15) is 4.79 Å². The van der Waals surface area contributed by atoms with Crippen LogP contribution in [-0.2, 0) is 7.05 Å². The van der Waals surface area contributed by atoms with E-state index < -0.39 is 6.03 Å². The summed E-state index contributed by atoms with van der Waals surface area (Å²) in [4.78, 5) is 12.5. The third-order valence-electron chi connectivity index (χ3n) is 6.27. The van der Waals surface area contributed by atoms with Crippen molar-refractivity contribution in [2.75, 3.05) is 27.0 Å². The van der Waals surface area contributed by atoms with Crippen LogP contribution in [0.4, 0.5) is 38.9 Å². The molecule has 0 fully saturated rings. The Hall–Kier alpha value is -5.84. The first-order chi connectivity index (χ1) is 19.3. The lowest BCUT2D eigenvalue weighted by atomic mass is 10.1. The normalized spacial score (nSPS) is 10.6. The van der Waals surface area contributed by atoms with E-state index in [-0.39, 0.29) is 11.9 Å². The molecule has 1 aromatic heterocycles. The maximum absolute atomic E-state index is 12.5. The van der Waals surface area contributed by atoms with Crippen LogP contribution in [0.3, 0.4) is 0 Å². The molecule has 11 N–H and O–H groups in total. The first-order valence-electron chi connectivity index (χ1n) is 12.4. The van der Waals surface area contributed by atoms with Gasteiger partial charge in [0.2, 0.25) is 11.0 Å². The molecule has 0 spiro atoms. The van der Waals surface area contributed by atoms with Gasteiger partial charge in [-0.1, -0.05) is 12.1 Å². The van der Waals surface area contributed by atoms with Crippen LogP contribution in [0.15, 0.2) is 91.0 Å². The summed E-state index contributed by atoms with van der Waals surface area (Å²) in [5.41, 5.74) is 17.8. The quantitative estimate of drug-likeness (QED) is 0.0522. The molecule has 0 aliphatic rings. The van der Waals surface area contributed by atoms with Crippen molar-refractivity contribution in [3.8, 4) is 0 Å². The maximum Gasteiger partial charge on any atom is 0.323 e. The number of fused-ring (bicyclic) bond motifs is 2. The molecule has 4 aromatic carbocycles. The Morgan fingerprint density at radius 1 is 0.725 bits per heavy atom. The number of hydrogen-bond acceptors (Lipinski definition) is 5. The van der Waals surface area contributed by atoms with Gasteiger partial charge in [0.1, 0.15) is 7.05 Å². The number of para-hydroxylation sites is 1. The summed E-state index contributed by atoms with van der Waals surface area (Å²) in [6.45, 7) is 0. The zero-order chi connectivity index (χ0) is 28.2. The predicted molar refractivity (Wildman–Crippen MR) is 162 cm³/mol. The molecule has 200 valence electrons. The monoisotopic (exact) mass is 533 g/mol. The summed E-state index contributed by atoms with van der Waals surface area (Å²) in [6.07, 6.45) is 0. The van der Waals surface area contributed by atoms with Crippen LogP contribution in [-0.4, -0.2) is 18.0 Å². The molecule has 5 rings (SSSR count). The van der Waals surface area contributed by atoms with Crippen molar-refractivity contribution in [2.24, 2.45) is 12.8 Å². The standard InChI is InChI=1S/C29H28N10O/c1-39-24-5-3-2-4-22(24)26(23-15-6-17(30)16-25(23)39)34-18-7-11-20(12-8-18)36-29(40)37-21-13-9-19(10-14-21)35-28(33)38-27(31)32/h2-16H,1H3,(H10,30,31,32,33,34,35,36,37,38,40)/p+1. The highest BCUT2D eigenvalue weighted by molar-refractivity contribution is 6.07. The lowest BCUT2D eigenvalue weighted by molar-refractivity contribution is -0.617. The molecule has 0 saturated carbocycles. The number of benzene rings is 4. The lowest BCUT2D eigenvalue weighted by Crippen LogP contribution is -2.39. The number of pyridine rings is 1. The molecule has 0 radical (unpaired) electrons. The van der Waals surface area contributed by atoms with E-state index in [0.717, 1.165) is 33.2 Å². The molecule has 0 aliphatic carbocycles. The van der Waals surface area contributed by atoms with Crippen molar-refractivity contribution >= 4 is 73.9 Å². The number of rotatable bonds is 5. The molecule has 0 aliphatic heterocycles. The van der Waals surface area contributed by atoms with Crippen LogP contribution in [0.5, 0.6) is 0 Å². The first-order valence-corrected chi connectivity index (χ1v) is 12.4. The minimum Gasteiger partial charge on any atom is -0.399 e. The molecule has 0 atom stereocenters. The molecular formula is C29H29N10O+. The van der Waals surface area contributed by atoms with Gasteiger partial charge in [0.15, 0.2) is 11.9 Å². The summed E-state index contributed by atoms with van der Waals surface area (Å²) in [7, 11) is 2.03. The van der Waals surface area contributed by atoms with Gasteiger partial charge in [-0.25, -0.2) is 4.79 Å². The van der Waals surface area contributed by atoms with Gasteiger partial charge in [0, 0.05) is 40.6 Å². The van der Waals surface area contributed by atoms with Crippen LogP contribution in [0.2, 0.25) is 0 Å². The highest BCUT2D eigenvalue weighted by Gasteiger charge is 2.18. The molecule has 11 heteroatoms. The van der Waals surface area contributed by atoms with Gasteiger partial charge in [-0.3, -0.25) is 16.1 Å². The molecule has 40 heavy (non-hydrogen) atoms. The zero-order valence-corrected chi connectivity index (χ0v) is 21.7. The fourth-order valence-electron chi connectivity index (χ4n) is 4.45. The van der Waals surface area contributed by atoms with Crippen LogP contribution in [0.1, 0.15) is 0 Å².